The Morgan fingerprint density at radius 1 is 1.16 bits per heavy atom. The van der Waals surface area contributed by atoms with E-state index in [1.807, 2.05) is 4.90 Å². The van der Waals surface area contributed by atoms with Gasteiger partial charge in [0.2, 0.25) is 5.91 Å². The van der Waals surface area contributed by atoms with Gasteiger partial charge >= 0.3 is 6.03 Å². The van der Waals surface area contributed by atoms with Crippen LogP contribution in [0.15, 0.2) is 23.1 Å². The summed E-state index contributed by atoms with van der Waals surface area (Å²) in [6, 6.07) is 3.53. The van der Waals surface area contributed by atoms with E-state index in [-0.39, 0.29) is 40.0 Å². The number of carbonyl (C=O) groups excluding carboxylic acids is 2. The van der Waals surface area contributed by atoms with Crippen LogP contribution in [0.2, 0.25) is 0 Å². The van der Waals surface area contributed by atoms with E-state index >= 15 is 0 Å². The lowest BCUT2D eigenvalue weighted by Crippen LogP contribution is -2.62. The van der Waals surface area contributed by atoms with Gasteiger partial charge in [0.1, 0.15) is 16.5 Å². The molecule has 3 fully saturated rings. The predicted octanol–water partition coefficient (Wildman–Crippen LogP) is 1.78. The lowest BCUT2D eigenvalue weighted by Gasteiger charge is -2.53. The van der Waals surface area contributed by atoms with Crippen molar-refractivity contribution in [1.29, 1.82) is 0 Å². The fourth-order valence-corrected chi connectivity index (χ4v) is 5.76. The van der Waals surface area contributed by atoms with Crippen molar-refractivity contribution in [2.45, 2.75) is 43.1 Å². The number of rotatable bonds is 4. The number of halogens is 1. The minimum Gasteiger partial charge on any atom is -0.489 e. The minimum absolute atomic E-state index is 0.0307. The van der Waals surface area contributed by atoms with Gasteiger partial charge in [-0.25, -0.2) is 17.6 Å². The van der Waals surface area contributed by atoms with Crippen LogP contribution >= 0.6 is 0 Å². The van der Waals surface area contributed by atoms with Crippen LogP contribution in [0.25, 0.3) is 0 Å². The van der Waals surface area contributed by atoms with Crippen molar-refractivity contribution in [3.63, 3.8) is 0 Å². The second-order valence-corrected chi connectivity index (χ2v) is 11.1. The molecular formula is C21H28FN3O5S. The molecule has 1 aliphatic carbocycles. The Balaban J connectivity index is 1.30. The molecule has 1 saturated carbocycles. The summed E-state index contributed by atoms with van der Waals surface area (Å²) >= 11 is 0. The van der Waals surface area contributed by atoms with Crippen molar-refractivity contribution in [2.75, 3.05) is 32.4 Å². The molecule has 0 radical (unpaired) electrons. The van der Waals surface area contributed by atoms with E-state index in [1.54, 1.807) is 4.90 Å². The molecule has 170 valence electrons. The van der Waals surface area contributed by atoms with Crippen molar-refractivity contribution >= 4 is 21.8 Å². The highest BCUT2D eigenvalue weighted by atomic mass is 32.2. The van der Waals surface area contributed by atoms with E-state index in [4.69, 9.17) is 10.5 Å². The topological polar surface area (TPSA) is 110 Å². The summed E-state index contributed by atoms with van der Waals surface area (Å²) in [5.74, 6) is -1.04. The molecule has 4 rings (SSSR count). The number of urea groups is 1. The Kier molecular flexibility index (Phi) is 5.61. The highest BCUT2D eigenvalue weighted by molar-refractivity contribution is 7.90. The van der Waals surface area contributed by atoms with Crippen molar-refractivity contribution < 1.29 is 27.1 Å². The molecular weight excluding hydrogens is 425 g/mol. The van der Waals surface area contributed by atoms with E-state index in [0.717, 1.165) is 38.0 Å². The average molecular weight is 454 g/mol. The third kappa shape index (κ3) is 4.49. The Bertz CT molecular complexity index is 983. The van der Waals surface area contributed by atoms with Gasteiger partial charge in [-0.05, 0) is 50.3 Å². The zero-order valence-electron chi connectivity index (χ0n) is 17.5. The van der Waals surface area contributed by atoms with Crippen molar-refractivity contribution in [1.82, 2.24) is 9.80 Å². The maximum absolute atomic E-state index is 13.5. The van der Waals surface area contributed by atoms with Gasteiger partial charge in [-0.3, -0.25) is 4.79 Å². The molecule has 1 aromatic rings. The number of primary amides is 1. The minimum atomic E-state index is -3.60. The van der Waals surface area contributed by atoms with Crippen molar-refractivity contribution in [2.24, 2.45) is 17.1 Å². The quantitative estimate of drug-likeness (QED) is 0.747. The highest BCUT2D eigenvalue weighted by Crippen LogP contribution is 2.45. The molecule has 3 amide bonds. The summed E-state index contributed by atoms with van der Waals surface area (Å²) < 4.78 is 43.4. The molecule has 2 saturated heterocycles. The summed E-state index contributed by atoms with van der Waals surface area (Å²) in [4.78, 5) is 27.4. The molecule has 10 heteroatoms. The number of hydrogen-bond donors (Lipinski definition) is 1. The number of carbonyl (C=O) groups is 2. The molecule has 1 spiro atoms. The number of nitrogens with two attached hydrogens (primary N) is 1. The second kappa shape index (κ2) is 7.96. The first-order valence-corrected chi connectivity index (χ1v) is 12.4. The molecule has 0 unspecified atom stereocenters. The van der Waals surface area contributed by atoms with Crippen LogP contribution in [0, 0.1) is 17.2 Å². The summed E-state index contributed by atoms with van der Waals surface area (Å²) in [5.41, 5.74) is 5.42. The lowest BCUT2D eigenvalue weighted by molar-refractivity contribution is -0.121. The third-order valence-electron chi connectivity index (χ3n) is 6.78. The molecule has 8 nitrogen and oxygen atoms in total. The number of likely N-dealkylation sites (tertiary alicyclic amines) is 2. The monoisotopic (exact) mass is 453 g/mol. The van der Waals surface area contributed by atoms with Crippen LogP contribution < -0.4 is 10.5 Å². The van der Waals surface area contributed by atoms with Gasteiger partial charge in [0.05, 0.1) is 12.0 Å². The largest absolute Gasteiger partial charge is 0.489 e. The zero-order chi connectivity index (χ0) is 22.4. The van der Waals surface area contributed by atoms with Crippen LogP contribution in [0.5, 0.6) is 5.75 Å². The summed E-state index contributed by atoms with van der Waals surface area (Å²) in [7, 11) is -3.60. The number of ether oxygens (including phenoxy) is 1. The maximum Gasteiger partial charge on any atom is 0.320 e. The standard InChI is InChI=1S/C21H28FN3O5S/c1-31(28,29)18-10-15(22)2-3-17(18)30-16-4-7-21(8-5-16)12-25(13-21)20(27)24-9-6-14(11-24)19(23)26/h2-3,10,14,16H,4-9,11-13H2,1H3,(H2,23,26)/t14-/m0/s1. The van der Waals surface area contributed by atoms with Crippen molar-refractivity contribution in [3.05, 3.63) is 24.0 Å². The van der Waals surface area contributed by atoms with Gasteiger partial charge in [0, 0.05) is 37.8 Å². The molecule has 2 N–H and O–H groups in total. The predicted molar refractivity (Wildman–Crippen MR) is 111 cm³/mol. The third-order valence-corrected chi connectivity index (χ3v) is 7.89. The number of benzene rings is 1. The molecule has 2 aliphatic heterocycles. The number of amides is 3. The van der Waals surface area contributed by atoms with Gasteiger partial charge in [-0.15, -0.1) is 0 Å². The fourth-order valence-electron chi connectivity index (χ4n) is 4.95. The van der Waals surface area contributed by atoms with Crippen LogP contribution in [-0.4, -0.2) is 68.7 Å². The van der Waals surface area contributed by atoms with E-state index in [2.05, 4.69) is 0 Å². The van der Waals surface area contributed by atoms with Gasteiger partial charge in [-0.1, -0.05) is 0 Å². The number of nitrogens with zero attached hydrogens (tertiary/aromatic N) is 2. The zero-order valence-corrected chi connectivity index (χ0v) is 18.4. The summed E-state index contributed by atoms with van der Waals surface area (Å²) in [6.07, 6.45) is 4.76. The van der Waals surface area contributed by atoms with E-state index in [1.165, 1.54) is 12.1 Å². The lowest BCUT2D eigenvalue weighted by atomic mass is 9.68. The van der Waals surface area contributed by atoms with E-state index in [0.29, 0.717) is 32.6 Å². The van der Waals surface area contributed by atoms with Crippen LogP contribution in [-0.2, 0) is 14.6 Å². The number of sulfone groups is 1. The molecule has 31 heavy (non-hydrogen) atoms. The highest BCUT2D eigenvalue weighted by Gasteiger charge is 2.48. The van der Waals surface area contributed by atoms with Crippen molar-refractivity contribution in [3.8, 4) is 5.75 Å². The average Bonchev–Trinajstić information content (AvgIpc) is 3.17. The Labute approximate surface area is 181 Å². The molecule has 1 aromatic carbocycles. The normalized spacial score (nSPS) is 23.6. The second-order valence-electron chi connectivity index (χ2n) is 9.15. The first-order chi connectivity index (χ1) is 14.6. The molecule has 0 bridgehead atoms. The van der Waals surface area contributed by atoms with Gasteiger partial charge in [0.15, 0.2) is 9.84 Å². The van der Waals surface area contributed by atoms with Crippen LogP contribution in [0.4, 0.5) is 9.18 Å². The first kappa shape index (κ1) is 21.9. The Hall–Kier alpha value is -2.36. The van der Waals surface area contributed by atoms with E-state index < -0.39 is 15.7 Å². The van der Waals surface area contributed by atoms with Gasteiger partial charge in [0.25, 0.3) is 0 Å². The SMILES string of the molecule is CS(=O)(=O)c1cc(F)ccc1OC1CCC2(CC1)CN(C(=O)N1CC[C@H](C(N)=O)C1)C2. The number of hydrogen-bond acceptors (Lipinski definition) is 5. The van der Waals surface area contributed by atoms with Crippen LogP contribution in [0.3, 0.4) is 0 Å². The van der Waals surface area contributed by atoms with Gasteiger partial charge < -0.3 is 20.3 Å². The smallest absolute Gasteiger partial charge is 0.320 e. The van der Waals surface area contributed by atoms with E-state index in [9.17, 15) is 22.4 Å². The maximum atomic E-state index is 13.5. The molecule has 0 aromatic heterocycles. The molecule has 2 heterocycles. The van der Waals surface area contributed by atoms with Gasteiger partial charge in [-0.2, -0.15) is 0 Å². The summed E-state index contributed by atoms with van der Waals surface area (Å²) in [6.45, 7) is 2.32. The first-order valence-electron chi connectivity index (χ1n) is 10.6. The molecule has 3 aliphatic rings. The van der Waals surface area contributed by atoms with Crippen LogP contribution in [0.1, 0.15) is 32.1 Å². The summed E-state index contributed by atoms with van der Waals surface area (Å²) in [5, 5.41) is 0. The Morgan fingerprint density at radius 2 is 1.84 bits per heavy atom. The molecule has 1 atom stereocenters. The Morgan fingerprint density at radius 3 is 2.42 bits per heavy atom. The fraction of sp³-hybridized carbons (Fsp3) is 0.619.